The molecule has 0 radical (unpaired) electrons. The lowest BCUT2D eigenvalue weighted by molar-refractivity contribution is -0.137. The van der Waals surface area contributed by atoms with Crippen molar-refractivity contribution < 1.29 is 17.9 Å². The fraction of sp³-hybridized carbons (Fsp3) is 0.130. The molecule has 4 rings (SSSR count). The first-order valence-corrected chi connectivity index (χ1v) is 9.02. The van der Waals surface area contributed by atoms with Crippen molar-refractivity contribution in [2.45, 2.75) is 19.7 Å². The number of aromatic nitrogens is 2. The summed E-state index contributed by atoms with van der Waals surface area (Å²) < 4.78 is 45.2. The van der Waals surface area contributed by atoms with Crippen molar-refractivity contribution in [3.63, 3.8) is 0 Å². The number of rotatable bonds is 4. The number of nitrogens with zero attached hydrogens (tertiary/aromatic N) is 2. The molecule has 0 atom stereocenters. The van der Waals surface area contributed by atoms with Crippen molar-refractivity contribution in [2.75, 3.05) is 0 Å². The highest BCUT2D eigenvalue weighted by molar-refractivity contribution is 5.88. The van der Waals surface area contributed by atoms with E-state index in [-0.39, 0.29) is 0 Å². The minimum atomic E-state index is -4.42. The van der Waals surface area contributed by atoms with Crippen LogP contribution in [0, 0.1) is 6.92 Å². The summed E-state index contributed by atoms with van der Waals surface area (Å²) >= 11 is 0. The fourth-order valence-electron chi connectivity index (χ4n) is 3.10. The van der Waals surface area contributed by atoms with Gasteiger partial charge in [-0.1, -0.05) is 42.5 Å². The van der Waals surface area contributed by atoms with Gasteiger partial charge in [-0.25, -0.2) is 0 Å². The highest BCUT2D eigenvalue weighted by atomic mass is 19.4. The molecular weight excluding hydrogens is 377 g/mol. The van der Waals surface area contributed by atoms with Crippen molar-refractivity contribution in [3.8, 4) is 17.0 Å². The molecule has 0 N–H and O–H groups in total. The van der Waals surface area contributed by atoms with Crippen molar-refractivity contribution in [1.82, 2.24) is 10.2 Å². The average molecular weight is 394 g/mol. The molecule has 3 nitrogen and oxygen atoms in total. The standard InChI is InChI=1S/C23H17F3N2O/c1-15-10-21-19(22(11-15)29-14-16-6-3-2-4-7-16)13-20(27-28-21)17-8-5-9-18(12-17)23(24,25)26/h2-13H,14H2,1H3. The maximum atomic E-state index is 13.1. The van der Waals surface area contributed by atoms with E-state index < -0.39 is 11.7 Å². The summed E-state index contributed by atoms with van der Waals surface area (Å²) in [5.41, 5.74) is 2.59. The van der Waals surface area contributed by atoms with Crippen LogP contribution >= 0.6 is 0 Å². The van der Waals surface area contributed by atoms with E-state index >= 15 is 0 Å². The lowest BCUT2D eigenvalue weighted by Gasteiger charge is -2.12. The minimum Gasteiger partial charge on any atom is -0.488 e. The largest absolute Gasteiger partial charge is 0.488 e. The van der Waals surface area contributed by atoms with Gasteiger partial charge < -0.3 is 4.74 Å². The van der Waals surface area contributed by atoms with E-state index in [9.17, 15) is 13.2 Å². The summed E-state index contributed by atoms with van der Waals surface area (Å²) in [5, 5.41) is 9.05. The van der Waals surface area contributed by atoms with E-state index in [0.717, 1.165) is 23.3 Å². The summed E-state index contributed by atoms with van der Waals surface area (Å²) in [5.74, 6) is 0.618. The van der Waals surface area contributed by atoms with Crippen LogP contribution in [-0.4, -0.2) is 10.2 Å². The molecule has 0 saturated carbocycles. The van der Waals surface area contributed by atoms with Crippen molar-refractivity contribution in [2.24, 2.45) is 0 Å². The molecule has 0 amide bonds. The van der Waals surface area contributed by atoms with Gasteiger partial charge >= 0.3 is 6.18 Å². The number of fused-ring (bicyclic) bond motifs is 1. The molecule has 0 fully saturated rings. The van der Waals surface area contributed by atoms with E-state index in [1.807, 2.05) is 49.4 Å². The predicted molar refractivity (Wildman–Crippen MR) is 105 cm³/mol. The van der Waals surface area contributed by atoms with Gasteiger partial charge in [-0.15, -0.1) is 10.2 Å². The Balaban J connectivity index is 1.74. The predicted octanol–water partition coefficient (Wildman–Crippen LogP) is 6.20. The summed E-state index contributed by atoms with van der Waals surface area (Å²) in [6, 6.07) is 20.3. The van der Waals surface area contributed by atoms with Crippen LogP contribution in [0.25, 0.3) is 22.2 Å². The number of ether oxygens (including phenoxy) is 1. The number of hydrogen-bond acceptors (Lipinski definition) is 3. The zero-order chi connectivity index (χ0) is 20.4. The smallest absolute Gasteiger partial charge is 0.416 e. The molecule has 1 heterocycles. The SMILES string of the molecule is Cc1cc(OCc2ccccc2)c2cc(-c3cccc(C(F)(F)F)c3)nnc2c1. The number of alkyl halides is 3. The molecule has 3 aromatic carbocycles. The highest BCUT2D eigenvalue weighted by Crippen LogP contribution is 2.33. The van der Waals surface area contributed by atoms with Gasteiger partial charge in [0.05, 0.1) is 16.8 Å². The highest BCUT2D eigenvalue weighted by Gasteiger charge is 2.30. The molecule has 0 aliphatic heterocycles. The number of aryl methyl sites for hydroxylation is 1. The lowest BCUT2D eigenvalue weighted by atomic mass is 10.1. The van der Waals surface area contributed by atoms with Crippen molar-refractivity contribution in [3.05, 3.63) is 89.5 Å². The average Bonchev–Trinajstić information content (AvgIpc) is 2.72. The molecule has 1 aromatic heterocycles. The second-order valence-electron chi connectivity index (χ2n) is 6.78. The van der Waals surface area contributed by atoms with Crippen LogP contribution in [0.5, 0.6) is 5.75 Å². The Morgan fingerprint density at radius 3 is 2.41 bits per heavy atom. The second-order valence-corrected chi connectivity index (χ2v) is 6.78. The topological polar surface area (TPSA) is 35.0 Å². The van der Waals surface area contributed by atoms with Gasteiger partial charge in [0.15, 0.2) is 0 Å². The Morgan fingerprint density at radius 2 is 1.66 bits per heavy atom. The third-order valence-corrected chi connectivity index (χ3v) is 4.53. The quantitative estimate of drug-likeness (QED) is 0.413. The van der Waals surface area contributed by atoms with Gasteiger partial charge in [-0.2, -0.15) is 13.2 Å². The first kappa shape index (κ1) is 18.9. The Kier molecular flexibility index (Phi) is 4.92. The van der Waals surface area contributed by atoms with Crippen LogP contribution in [0.4, 0.5) is 13.2 Å². The van der Waals surface area contributed by atoms with E-state index in [0.29, 0.717) is 34.5 Å². The molecule has 4 aromatic rings. The monoisotopic (exact) mass is 394 g/mol. The van der Waals surface area contributed by atoms with Gasteiger partial charge in [0, 0.05) is 10.9 Å². The van der Waals surface area contributed by atoms with Crippen LogP contribution in [0.1, 0.15) is 16.7 Å². The zero-order valence-electron chi connectivity index (χ0n) is 15.6. The van der Waals surface area contributed by atoms with Gasteiger partial charge in [0.1, 0.15) is 12.4 Å². The Bertz CT molecular complexity index is 1160. The van der Waals surface area contributed by atoms with Crippen LogP contribution in [-0.2, 0) is 12.8 Å². The number of hydrogen-bond donors (Lipinski definition) is 0. The molecule has 0 aliphatic carbocycles. The fourth-order valence-corrected chi connectivity index (χ4v) is 3.10. The first-order valence-electron chi connectivity index (χ1n) is 9.02. The zero-order valence-corrected chi connectivity index (χ0v) is 15.6. The molecule has 0 spiro atoms. The van der Waals surface area contributed by atoms with Crippen molar-refractivity contribution in [1.29, 1.82) is 0 Å². The van der Waals surface area contributed by atoms with E-state index in [1.54, 1.807) is 12.1 Å². The normalized spacial score (nSPS) is 11.6. The Hall–Kier alpha value is -3.41. The van der Waals surface area contributed by atoms with Gasteiger partial charge in [0.2, 0.25) is 0 Å². The maximum Gasteiger partial charge on any atom is 0.416 e. The minimum absolute atomic E-state index is 0.351. The molecule has 29 heavy (non-hydrogen) atoms. The van der Waals surface area contributed by atoms with E-state index in [4.69, 9.17) is 4.74 Å². The summed E-state index contributed by atoms with van der Waals surface area (Å²) in [6.07, 6.45) is -4.42. The number of benzene rings is 3. The molecule has 146 valence electrons. The lowest BCUT2D eigenvalue weighted by Crippen LogP contribution is -2.04. The first-order chi connectivity index (χ1) is 13.9. The third-order valence-electron chi connectivity index (χ3n) is 4.53. The number of halogens is 3. The Morgan fingerprint density at radius 1 is 0.862 bits per heavy atom. The maximum absolute atomic E-state index is 13.1. The van der Waals surface area contributed by atoms with Crippen LogP contribution in [0.2, 0.25) is 0 Å². The third kappa shape index (κ3) is 4.21. The van der Waals surface area contributed by atoms with Crippen molar-refractivity contribution >= 4 is 10.9 Å². The summed E-state index contributed by atoms with van der Waals surface area (Å²) in [4.78, 5) is 0. The molecule has 0 saturated heterocycles. The molecule has 0 aliphatic rings. The van der Waals surface area contributed by atoms with Crippen LogP contribution in [0.3, 0.4) is 0 Å². The van der Waals surface area contributed by atoms with Gasteiger partial charge in [-0.05, 0) is 48.4 Å². The summed E-state index contributed by atoms with van der Waals surface area (Å²) in [6.45, 7) is 2.30. The van der Waals surface area contributed by atoms with Crippen LogP contribution < -0.4 is 4.74 Å². The van der Waals surface area contributed by atoms with E-state index in [1.165, 1.54) is 6.07 Å². The molecule has 0 bridgehead atoms. The molecule has 6 heteroatoms. The molecular formula is C23H17F3N2O. The second kappa shape index (κ2) is 7.54. The van der Waals surface area contributed by atoms with Gasteiger partial charge in [0.25, 0.3) is 0 Å². The summed E-state index contributed by atoms with van der Waals surface area (Å²) in [7, 11) is 0. The van der Waals surface area contributed by atoms with Crippen LogP contribution in [0.15, 0.2) is 72.8 Å². The molecule has 0 unspecified atom stereocenters. The van der Waals surface area contributed by atoms with Gasteiger partial charge in [-0.3, -0.25) is 0 Å². The Labute approximate surface area is 165 Å². The van der Waals surface area contributed by atoms with E-state index in [2.05, 4.69) is 10.2 Å².